The van der Waals surface area contributed by atoms with E-state index in [0.717, 1.165) is 36.2 Å². The first kappa shape index (κ1) is 20.8. The summed E-state index contributed by atoms with van der Waals surface area (Å²) < 4.78 is 0. The Morgan fingerprint density at radius 2 is 2.22 bits per heavy atom. The lowest BCUT2D eigenvalue weighted by atomic mass is 10.1. The molecule has 0 spiro atoms. The molecule has 0 bridgehead atoms. The summed E-state index contributed by atoms with van der Waals surface area (Å²) in [6, 6.07) is 1.41. The van der Waals surface area contributed by atoms with E-state index in [-0.39, 0.29) is 5.91 Å². The summed E-state index contributed by atoms with van der Waals surface area (Å²) >= 11 is 1.36. The van der Waals surface area contributed by atoms with Crippen molar-refractivity contribution in [3.63, 3.8) is 0 Å². The standard InChI is InChI=1S/C21H26N8O2S/c1-11(2)15-9-17(28-27-15)24-18-13-4-3-5-14(13)23-20(25-18)29-10-12(30)8-16(29)19(31)26-21-22-6-7-32-21/h6-7,9,11-12,16,30H,3-5,8,10H2,1-2H3,(H,22,26,31)(H2,23,24,25,27,28)/t12-,16-/m0/s1. The number of thiazole rings is 1. The van der Waals surface area contributed by atoms with Gasteiger partial charge in [0.05, 0.1) is 11.8 Å². The van der Waals surface area contributed by atoms with Crippen LogP contribution in [0.3, 0.4) is 0 Å². The molecule has 3 aromatic rings. The zero-order valence-electron chi connectivity index (χ0n) is 18.0. The smallest absolute Gasteiger partial charge is 0.249 e. The number of aryl methyl sites for hydroxylation is 1. The largest absolute Gasteiger partial charge is 0.391 e. The Bertz CT molecular complexity index is 1110. The van der Waals surface area contributed by atoms with Crippen LogP contribution in [0.4, 0.5) is 22.7 Å². The van der Waals surface area contributed by atoms with Gasteiger partial charge in [0.1, 0.15) is 11.9 Å². The Morgan fingerprint density at radius 1 is 1.34 bits per heavy atom. The average Bonchev–Trinajstić information content (AvgIpc) is 3.54. The number of nitrogens with one attached hydrogen (secondary N) is 3. The molecule has 32 heavy (non-hydrogen) atoms. The van der Waals surface area contributed by atoms with Gasteiger partial charge in [-0.15, -0.1) is 11.3 Å². The summed E-state index contributed by atoms with van der Waals surface area (Å²) in [5, 5.41) is 26.3. The molecule has 1 aliphatic carbocycles. The quantitative estimate of drug-likeness (QED) is 0.447. The highest BCUT2D eigenvalue weighted by Gasteiger charge is 2.38. The molecule has 0 radical (unpaired) electrons. The molecule has 0 unspecified atom stereocenters. The van der Waals surface area contributed by atoms with Crippen LogP contribution in [0.5, 0.6) is 0 Å². The first-order chi connectivity index (χ1) is 15.5. The van der Waals surface area contributed by atoms with Crippen LogP contribution in [0.15, 0.2) is 17.6 Å². The summed E-state index contributed by atoms with van der Waals surface area (Å²) in [5.41, 5.74) is 3.11. The molecule has 0 aromatic carbocycles. The summed E-state index contributed by atoms with van der Waals surface area (Å²) in [6.45, 7) is 4.51. The molecule has 168 valence electrons. The van der Waals surface area contributed by atoms with Gasteiger partial charge in [-0.2, -0.15) is 10.1 Å². The number of aliphatic hydroxyl groups excluding tert-OH is 1. The number of H-pyrrole nitrogens is 1. The normalized spacial score (nSPS) is 20.1. The van der Waals surface area contributed by atoms with E-state index in [0.29, 0.717) is 41.6 Å². The van der Waals surface area contributed by atoms with Gasteiger partial charge in [-0.05, 0) is 25.2 Å². The molecule has 4 N–H and O–H groups in total. The molecule has 0 saturated carbocycles. The number of aromatic amines is 1. The molecule has 1 fully saturated rings. The van der Waals surface area contributed by atoms with Crippen molar-refractivity contribution in [2.75, 3.05) is 22.1 Å². The Kier molecular flexibility index (Phi) is 5.51. The third kappa shape index (κ3) is 4.05. The lowest BCUT2D eigenvalue weighted by Gasteiger charge is -2.24. The van der Waals surface area contributed by atoms with Crippen molar-refractivity contribution in [2.24, 2.45) is 0 Å². The fourth-order valence-corrected chi connectivity index (χ4v) is 4.76. The van der Waals surface area contributed by atoms with E-state index in [4.69, 9.17) is 9.97 Å². The van der Waals surface area contributed by atoms with Crippen LogP contribution < -0.4 is 15.5 Å². The number of anilines is 4. The summed E-state index contributed by atoms with van der Waals surface area (Å²) in [4.78, 5) is 28.4. The fraction of sp³-hybridized carbons (Fsp3) is 0.476. The number of hydrogen-bond acceptors (Lipinski definition) is 9. The van der Waals surface area contributed by atoms with Gasteiger partial charge in [-0.1, -0.05) is 13.8 Å². The summed E-state index contributed by atoms with van der Waals surface area (Å²) in [6.07, 6.45) is 4.10. The predicted molar refractivity (Wildman–Crippen MR) is 123 cm³/mol. The van der Waals surface area contributed by atoms with Crippen molar-refractivity contribution in [3.05, 3.63) is 34.6 Å². The third-order valence-electron chi connectivity index (χ3n) is 5.89. The van der Waals surface area contributed by atoms with Crippen LogP contribution in [0.1, 0.15) is 49.6 Å². The lowest BCUT2D eigenvalue weighted by molar-refractivity contribution is -0.117. The third-order valence-corrected chi connectivity index (χ3v) is 6.58. The molecule has 2 aliphatic rings. The predicted octanol–water partition coefficient (Wildman–Crippen LogP) is 2.59. The van der Waals surface area contributed by atoms with Crippen LogP contribution in [-0.2, 0) is 17.6 Å². The molecule has 11 heteroatoms. The molecule has 1 saturated heterocycles. The molecular weight excluding hydrogens is 428 g/mol. The number of amides is 1. The molecule has 10 nitrogen and oxygen atoms in total. The van der Waals surface area contributed by atoms with Gasteiger partial charge in [-0.3, -0.25) is 9.89 Å². The van der Waals surface area contributed by atoms with E-state index in [1.165, 1.54) is 11.3 Å². The lowest BCUT2D eigenvalue weighted by Crippen LogP contribution is -2.40. The van der Waals surface area contributed by atoms with E-state index >= 15 is 0 Å². The van der Waals surface area contributed by atoms with Gasteiger partial charge >= 0.3 is 0 Å². The van der Waals surface area contributed by atoms with Crippen molar-refractivity contribution in [2.45, 2.75) is 57.6 Å². The van der Waals surface area contributed by atoms with Gasteiger partial charge in [0.25, 0.3) is 0 Å². The maximum absolute atomic E-state index is 12.9. The van der Waals surface area contributed by atoms with Gasteiger partial charge in [0.15, 0.2) is 10.9 Å². The summed E-state index contributed by atoms with van der Waals surface area (Å²) in [5.74, 6) is 1.98. The maximum atomic E-state index is 12.9. The topological polar surface area (TPSA) is 132 Å². The highest BCUT2D eigenvalue weighted by atomic mass is 32.1. The van der Waals surface area contributed by atoms with Crippen LogP contribution in [0.2, 0.25) is 0 Å². The zero-order valence-corrected chi connectivity index (χ0v) is 18.8. The van der Waals surface area contributed by atoms with Gasteiger partial charge in [0.2, 0.25) is 11.9 Å². The first-order valence-corrected chi connectivity index (χ1v) is 11.7. The first-order valence-electron chi connectivity index (χ1n) is 10.8. The van der Waals surface area contributed by atoms with E-state index in [1.54, 1.807) is 16.5 Å². The number of carbonyl (C=O) groups is 1. The van der Waals surface area contributed by atoms with Crippen molar-refractivity contribution in [3.8, 4) is 0 Å². The molecule has 1 aliphatic heterocycles. The highest BCUT2D eigenvalue weighted by Crippen LogP contribution is 2.33. The van der Waals surface area contributed by atoms with Crippen molar-refractivity contribution in [1.29, 1.82) is 0 Å². The monoisotopic (exact) mass is 454 g/mol. The Hall–Kier alpha value is -3.05. The summed E-state index contributed by atoms with van der Waals surface area (Å²) in [7, 11) is 0. The SMILES string of the molecule is CC(C)c1cc(Nc2nc(N3C[C@@H](O)C[C@H]3C(=O)Nc3nccs3)nc3c2CCC3)n[nH]1. The number of fused-ring (bicyclic) bond motifs is 1. The molecule has 3 aromatic heterocycles. The molecular formula is C21H26N8O2S. The van der Waals surface area contributed by atoms with E-state index in [2.05, 4.69) is 39.7 Å². The Morgan fingerprint density at radius 3 is 2.97 bits per heavy atom. The maximum Gasteiger partial charge on any atom is 0.249 e. The van der Waals surface area contributed by atoms with E-state index in [9.17, 15) is 9.90 Å². The fourth-order valence-electron chi connectivity index (χ4n) is 4.23. The van der Waals surface area contributed by atoms with Gasteiger partial charge in [-0.25, -0.2) is 9.97 Å². The van der Waals surface area contributed by atoms with Crippen LogP contribution in [0, 0.1) is 0 Å². The minimum Gasteiger partial charge on any atom is -0.391 e. The number of hydrogen-bond donors (Lipinski definition) is 4. The van der Waals surface area contributed by atoms with Crippen LogP contribution >= 0.6 is 11.3 Å². The number of rotatable bonds is 6. The number of β-amino-alcohol motifs (C(OH)–C–C–N with tert-alkyl or cyclic N) is 1. The van der Waals surface area contributed by atoms with Crippen molar-refractivity contribution < 1.29 is 9.90 Å². The van der Waals surface area contributed by atoms with E-state index < -0.39 is 12.1 Å². The Balaban J connectivity index is 1.44. The number of carbonyl (C=O) groups excluding carboxylic acids is 1. The minimum atomic E-state index is -0.629. The molecule has 5 rings (SSSR count). The van der Waals surface area contributed by atoms with Crippen LogP contribution in [0.25, 0.3) is 0 Å². The molecule has 2 atom stereocenters. The second-order valence-electron chi connectivity index (χ2n) is 8.52. The second-order valence-corrected chi connectivity index (χ2v) is 9.42. The van der Waals surface area contributed by atoms with Crippen LogP contribution in [-0.4, -0.2) is 54.9 Å². The Labute approximate surface area is 189 Å². The minimum absolute atomic E-state index is 0.219. The molecule has 4 heterocycles. The molecule has 1 amide bonds. The second kappa shape index (κ2) is 8.47. The van der Waals surface area contributed by atoms with Crippen molar-refractivity contribution in [1.82, 2.24) is 25.1 Å². The van der Waals surface area contributed by atoms with E-state index in [1.807, 2.05) is 6.07 Å². The number of aliphatic hydroxyl groups is 1. The van der Waals surface area contributed by atoms with Gasteiger partial charge in [0, 0.05) is 41.9 Å². The number of aromatic nitrogens is 5. The average molecular weight is 455 g/mol. The number of nitrogens with zero attached hydrogens (tertiary/aromatic N) is 5. The van der Waals surface area contributed by atoms with Gasteiger partial charge < -0.3 is 20.6 Å². The highest BCUT2D eigenvalue weighted by molar-refractivity contribution is 7.13. The zero-order chi connectivity index (χ0) is 22.2. The van der Waals surface area contributed by atoms with Crippen molar-refractivity contribution >= 4 is 40.0 Å².